The molecule has 2 saturated heterocycles. The molecular formula is C24H23N3O4S. The first-order valence-corrected chi connectivity index (χ1v) is 11.0. The first-order valence-electron chi connectivity index (χ1n) is 10.6. The second-order valence-electron chi connectivity index (χ2n) is 8.00. The van der Waals surface area contributed by atoms with Gasteiger partial charge in [0.2, 0.25) is 0 Å². The predicted octanol–water partition coefficient (Wildman–Crippen LogP) is 4.19. The summed E-state index contributed by atoms with van der Waals surface area (Å²) in [5.41, 5.74) is 1.81. The van der Waals surface area contributed by atoms with E-state index in [9.17, 15) is 9.90 Å². The van der Waals surface area contributed by atoms with Crippen LogP contribution in [0.2, 0.25) is 0 Å². The third-order valence-electron chi connectivity index (χ3n) is 5.93. The van der Waals surface area contributed by atoms with Crippen LogP contribution in [0, 0.1) is 0 Å². The lowest BCUT2D eigenvalue weighted by Crippen LogP contribution is -2.36. The molecule has 0 radical (unpaired) electrons. The number of carboxylic acid groups (broad SMARTS) is 1. The smallest absolute Gasteiger partial charge is 0.335 e. The van der Waals surface area contributed by atoms with E-state index in [0.717, 1.165) is 30.9 Å². The van der Waals surface area contributed by atoms with E-state index in [2.05, 4.69) is 15.2 Å². The van der Waals surface area contributed by atoms with Gasteiger partial charge in [-0.15, -0.1) is 0 Å². The van der Waals surface area contributed by atoms with E-state index in [-0.39, 0.29) is 23.8 Å². The van der Waals surface area contributed by atoms with Crippen LogP contribution in [0.25, 0.3) is 11.3 Å². The van der Waals surface area contributed by atoms with E-state index in [1.807, 2.05) is 36.4 Å². The minimum absolute atomic E-state index is 0.126. The van der Waals surface area contributed by atoms with Gasteiger partial charge in [-0.05, 0) is 61.5 Å². The SMILES string of the molecule is O=C(O)c1cccc(-c2ccc([C@H]3[C@H](c4ccccn4)NC(=S)N3C[C@@H]3CCCO3)o2)c1. The van der Waals surface area contributed by atoms with Gasteiger partial charge in [0, 0.05) is 24.9 Å². The topological polar surface area (TPSA) is 87.8 Å². The fourth-order valence-electron chi connectivity index (χ4n) is 4.39. The van der Waals surface area contributed by atoms with E-state index in [1.165, 1.54) is 0 Å². The van der Waals surface area contributed by atoms with Crippen LogP contribution in [0.5, 0.6) is 0 Å². The number of carbonyl (C=O) groups is 1. The Hall–Kier alpha value is -3.23. The normalized spacial score (nSPS) is 22.8. The average Bonchev–Trinajstić information content (AvgIpc) is 3.56. The van der Waals surface area contributed by atoms with Gasteiger partial charge in [-0.25, -0.2) is 4.79 Å². The monoisotopic (exact) mass is 449 g/mol. The molecule has 5 rings (SSSR count). The van der Waals surface area contributed by atoms with Crippen molar-refractivity contribution < 1.29 is 19.1 Å². The third kappa shape index (κ3) is 3.99. The molecule has 2 aromatic heterocycles. The number of nitrogens with one attached hydrogen (secondary N) is 1. The molecule has 0 saturated carbocycles. The zero-order chi connectivity index (χ0) is 22.1. The molecule has 0 amide bonds. The van der Waals surface area contributed by atoms with Crippen LogP contribution in [0.1, 0.15) is 46.7 Å². The Kier molecular flexibility index (Phi) is 5.63. The summed E-state index contributed by atoms with van der Waals surface area (Å²) in [6.07, 6.45) is 3.95. The first-order chi connectivity index (χ1) is 15.6. The van der Waals surface area contributed by atoms with Gasteiger partial charge in [0.25, 0.3) is 0 Å². The lowest BCUT2D eigenvalue weighted by atomic mass is 10.0. The van der Waals surface area contributed by atoms with Gasteiger partial charge in [0.15, 0.2) is 5.11 Å². The fraction of sp³-hybridized carbons (Fsp3) is 0.292. The molecule has 164 valence electrons. The summed E-state index contributed by atoms with van der Waals surface area (Å²) >= 11 is 5.70. The number of aromatic carboxylic acids is 1. The zero-order valence-electron chi connectivity index (χ0n) is 17.3. The minimum Gasteiger partial charge on any atom is -0.478 e. The molecule has 2 aliphatic heterocycles. The molecule has 2 N–H and O–H groups in total. The lowest BCUT2D eigenvalue weighted by Gasteiger charge is -2.28. The Balaban J connectivity index is 1.50. The number of nitrogens with zero attached hydrogens (tertiary/aromatic N) is 2. The fourth-order valence-corrected chi connectivity index (χ4v) is 4.71. The predicted molar refractivity (Wildman–Crippen MR) is 122 cm³/mol. The standard InChI is InChI=1S/C24H23N3O4S/c28-23(29)16-6-3-5-15(13-16)19-9-10-20(31-19)22-21(18-8-1-2-11-25-18)26-24(32)27(22)14-17-7-4-12-30-17/h1-3,5-6,8-11,13,17,21-22H,4,7,12,14H2,(H,26,32)(H,28,29)/t17-,21-,22-/m0/s1. The van der Waals surface area contributed by atoms with Crippen molar-refractivity contribution in [1.82, 2.24) is 15.2 Å². The zero-order valence-corrected chi connectivity index (χ0v) is 18.1. The van der Waals surface area contributed by atoms with Crippen LogP contribution in [-0.2, 0) is 4.74 Å². The Morgan fingerprint density at radius 2 is 2.12 bits per heavy atom. The number of thiocarbonyl (C=S) groups is 1. The van der Waals surface area contributed by atoms with Gasteiger partial charge in [0.1, 0.15) is 17.6 Å². The van der Waals surface area contributed by atoms with Gasteiger partial charge in [0.05, 0.1) is 23.4 Å². The highest BCUT2D eigenvalue weighted by Gasteiger charge is 2.42. The molecule has 1 aromatic carbocycles. The Morgan fingerprint density at radius 3 is 2.88 bits per heavy atom. The third-order valence-corrected chi connectivity index (χ3v) is 6.29. The van der Waals surface area contributed by atoms with Gasteiger partial charge < -0.3 is 24.5 Å². The average molecular weight is 450 g/mol. The van der Waals surface area contributed by atoms with Crippen molar-refractivity contribution in [2.75, 3.05) is 13.2 Å². The Labute approximate surface area is 191 Å². The molecule has 3 atom stereocenters. The number of pyridine rings is 1. The van der Waals surface area contributed by atoms with Gasteiger partial charge >= 0.3 is 5.97 Å². The number of rotatable bonds is 6. The van der Waals surface area contributed by atoms with Crippen molar-refractivity contribution >= 4 is 23.3 Å². The van der Waals surface area contributed by atoms with Crippen LogP contribution < -0.4 is 5.32 Å². The summed E-state index contributed by atoms with van der Waals surface area (Å²) in [4.78, 5) is 18.0. The summed E-state index contributed by atoms with van der Waals surface area (Å²) in [6, 6.07) is 16.0. The molecule has 8 heteroatoms. The maximum Gasteiger partial charge on any atom is 0.335 e. The van der Waals surface area contributed by atoms with Crippen molar-refractivity contribution in [3.63, 3.8) is 0 Å². The molecular weight excluding hydrogens is 426 g/mol. The van der Waals surface area contributed by atoms with Crippen LogP contribution in [0.3, 0.4) is 0 Å². The number of aromatic nitrogens is 1. The summed E-state index contributed by atoms with van der Waals surface area (Å²) < 4.78 is 12.1. The van der Waals surface area contributed by atoms with E-state index >= 15 is 0 Å². The first kappa shape index (κ1) is 20.7. The van der Waals surface area contributed by atoms with Crippen LogP contribution in [0.4, 0.5) is 0 Å². The summed E-state index contributed by atoms with van der Waals surface area (Å²) in [7, 11) is 0. The van der Waals surface area contributed by atoms with Crippen molar-refractivity contribution in [3.05, 3.63) is 77.8 Å². The maximum absolute atomic E-state index is 11.4. The number of hydrogen-bond donors (Lipinski definition) is 2. The van der Waals surface area contributed by atoms with Gasteiger partial charge in [-0.2, -0.15) is 0 Å². The molecule has 7 nitrogen and oxygen atoms in total. The molecule has 3 aromatic rings. The highest BCUT2D eigenvalue weighted by atomic mass is 32.1. The molecule has 32 heavy (non-hydrogen) atoms. The Morgan fingerprint density at radius 1 is 1.22 bits per heavy atom. The molecule has 2 aliphatic rings. The number of furan rings is 1. The van der Waals surface area contributed by atoms with Crippen molar-refractivity contribution in [1.29, 1.82) is 0 Å². The van der Waals surface area contributed by atoms with Gasteiger partial charge in [-0.1, -0.05) is 18.2 Å². The Bertz CT molecular complexity index is 1130. The highest BCUT2D eigenvalue weighted by molar-refractivity contribution is 7.80. The number of hydrogen-bond acceptors (Lipinski definition) is 5. The van der Waals surface area contributed by atoms with E-state index < -0.39 is 5.97 Å². The molecule has 0 spiro atoms. The maximum atomic E-state index is 11.4. The van der Waals surface area contributed by atoms with Crippen molar-refractivity contribution in [2.45, 2.75) is 31.0 Å². The van der Waals surface area contributed by atoms with E-state index in [4.69, 9.17) is 21.4 Å². The number of benzene rings is 1. The van der Waals surface area contributed by atoms with Crippen LogP contribution in [0.15, 0.2) is 65.2 Å². The van der Waals surface area contributed by atoms with Crippen molar-refractivity contribution in [3.8, 4) is 11.3 Å². The molecule has 2 fully saturated rings. The van der Waals surface area contributed by atoms with Gasteiger partial charge in [-0.3, -0.25) is 4.98 Å². The molecule has 4 heterocycles. The second-order valence-corrected chi connectivity index (χ2v) is 8.39. The molecule has 0 bridgehead atoms. The minimum atomic E-state index is -0.970. The highest BCUT2D eigenvalue weighted by Crippen LogP contribution is 2.41. The summed E-state index contributed by atoms with van der Waals surface area (Å²) in [5.74, 6) is 0.376. The van der Waals surface area contributed by atoms with Crippen LogP contribution >= 0.6 is 12.2 Å². The summed E-state index contributed by atoms with van der Waals surface area (Å²) in [5, 5.41) is 13.4. The largest absolute Gasteiger partial charge is 0.478 e. The quantitative estimate of drug-likeness (QED) is 0.542. The molecule has 0 unspecified atom stereocenters. The van der Waals surface area contributed by atoms with E-state index in [0.29, 0.717) is 23.0 Å². The number of carboxylic acids is 1. The van der Waals surface area contributed by atoms with Crippen molar-refractivity contribution in [2.24, 2.45) is 0 Å². The molecule has 0 aliphatic carbocycles. The second kappa shape index (κ2) is 8.72. The lowest BCUT2D eigenvalue weighted by molar-refractivity contribution is 0.0697. The van der Waals surface area contributed by atoms with Crippen LogP contribution in [-0.4, -0.2) is 45.3 Å². The summed E-state index contributed by atoms with van der Waals surface area (Å²) in [6.45, 7) is 1.45. The van der Waals surface area contributed by atoms with E-state index in [1.54, 1.807) is 24.4 Å². The number of ether oxygens (including phenoxy) is 1.